The Hall–Kier alpha value is -2.86. The van der Waals surface area contributed by atoms with Crippen molar-refractivity contribution in [2.45, 2.75) is 31.4 Å². The first-order valence-corrected chi connectivity index (χ1v) is 8.65. The Bertz CT molecular complexity index is 841. The van der Waals surface area contributed by atoms with E-state index in [0.717, 1.165) is 24.8 Å². The second kappa shape index (κ2) is 7.58. The van der Waals surface area contributed by atoms with Gasteiger partial charge in [-0.15, -0.1) is 6.58 Å². The summed E-state index contributed by atoms with van der Waals surface area (Å²) in [7, 11) is 0. The summed E-state index contributed by atoms with van der Waals surface area (Å²) in [6.45, 7) is 4.10. The molecule has 0 saturated heterocycles. The van der Waals surface area contributed by atoms with E-state index in [-0.39, 0.29) is 36.1 Å². The van der Waals surface area contributed by atoms with Gasteiger partial charge in [-0.1, -0.05) is 36.4 Å². The van der Waals surface area contributed by atoms with E-state index in [0.29, 0.717) is 0 Å². The molecule has 1 aliphatic carbocycles. The third kappa shape index (κ3) is 3.28. The van der Waals surface area contributed by atoms with Crippen molar-refractivity contribution in [2.24, 2.45) is 5.73 Å². The maximum absolute atomic E-state index is 13.1. The van der Waals surface area contributed by atoms with Crippen molar-refractivity contribution in [1.82, 2.24) is 9.88 Å². The summed E-state index contributed by atoms with van der Waals surface area (Å²) in [5.41, 5.74) is 6.09. The first-order chi connectivity index (χ1) is 12.6. The maximum atomic E-state index is 13.1. The van der Waals surface area contributed by atoms with Crippen LogP contribution in [0.1, 0.15) is 35.3 Å². The molecule has 6 heteroatoms. The molecule has 1 aromatic heterocycles. The molecule has 2 aromatic rings. The van der Waals surface area contributed by atoms with Gasteiger partial charge in [-0.2, -0.15) is 0 Å². The van der Waals surface area contributed by atoms with Crippen LogP contribution in [0, 0.1) is 0 Å². The van der Waals surface area contributed by atoms with E-state index in [1.54, 1.807) is 11.0 Å². The molecule has 1 fully saturated rings. The summed E-state index contributed by atoms with van der Waals surface area (Å²) in [4.78, 5) is 29.8. The fraction of sp³-hybridized carbons (Fsp3) is 0.300. The molecule has 1 heterocycles. The molecular formula is C20H23N3O3. The largest absolute Gasteiger partial charge is 0.483 e. The lowest BCUT2D eigenvalue weighted by Gasteiger charge is -2.47. The molecule has 1 aromatic carbocycles. The highest BCUT2D eigenvalue weighted by Gasteiger charge is 2.43. The summed E-state index contributed by atoms with van der Waals surface area (Å²) in [6, 6.07) is 10.8. The van der Waals surface area contributed by atoms with Gasteiger partial charge in [0.1, 0.15) is 6.61 Å². The minimum atomic E-state index is -0.449. The summed E-state index contributed by atoms with van der Waals surface area (Å²) >= 11 is 0. The molecule has 0 atom stereocenters. The maximum Gasteiger partial charge on any atom is 0.276 e. The van der Waals surface area contributed by atoms with Crippen molar-refractivity contribution in [3.05, 3.63) is 76.7 Å². The van der Waals surface area contributed by atoms with Crippen LogP contribution in [0.5, 0.6) is 5.75 Å². The van der Waals surface area contributed by atoms with E-state index in [4.69, 9.17) is 10.5 Å². The zero-order valence-electron chi connectivity index (χ0n) is 14.6. The number of nitrogens with one attached hydrogen (secondary N) is 1. The molecule has 3 rings (SSSR count). The lowest BCUT2D eigenvalue weighted by atomic mass is 9.75. The number of nitrogens with two attached hydrogens (primary N) is 1. The molecule has 1 amide bonds. The van der Waals surface area contributed by atoms with E-state index in [1.807, 2.05) is 30.3 Å². The summed E-state index contributed by atoms with van der Waals surface area (Å²) in [6.07, 6.45) is 5.86. The molecule has 136 valence electrons. The number of benzene rings is 1. The first kappa shape index (κ1) is 17.9. The molecule has 1 saturated carbocycles. The molecule has 26 heavy (non-hydrogen) atoms. The smallest absolute Gasteiger partial charge is 0.276 e. The van der Waals surface area contributed by atoms with Crippen LogP contribution in [0.3, 0.4) is 0 Å². The highest BCUT2D eigenvalue weighted by atomic mass is 16.5. The van der Waals surface area contributed by atoms with Crippen LogP contribution in [0.25, 0.3) is 0 Å². The minimum absolute atomic E-state index is 0.0124. The zero-order valence-corrected chi connectivity index (χ0v) is 14.6. The quantitative estimate of drug-likeness (QED) is 0.591. The SMILES string of the molecule is C=CC1(N(CN)C(=O)c2[nH]ccc(=O)c2OCc2ccccc2)CCC1. The van der Waals surface area contributed by atoms with E-state index in [2.05, 4.69) is 11.6 Å². The van der Waals surface area contributed by atoms with Crippen LogP contribution < -0.4 is 15.9 Å². The second-order valence-corrected chi connectivity index (χ2v) is 6.40. The van der Waals surface area contributed by atoms with Gasteiger partial charge in [0.05, 0.1) is 12.2 Å². The van der Waals surface area contributed by atoms with E-state index in [9.17, 15) is 9.59 Å². The van der Waals surface area contributed by atoms with Crippen LogP contribution in [-0.2, 0) is 6.61 Å². The summed E-state index contributed by atoms with van der Waals surface area (Å²) < 4.78 is 5.71. The average molecular weight is 353 g/mol. The van der Waals surface area contributed by atoms with Crippen molar-refractivity contribution >= 4 is 5.91 Å². The van der Waals surface area contributed by atoms with Crippen molar-refractivity contribution in [3.8, 4) is 5.75 Å². The monoisotopic (exact) mass is 353 g/mol. The number of carbonyl (C=O) groups is 1. The fourth-order valence-corrected chi connectivity index (χ4v) is 3.22. The number of amides is 1. The highest BCUT2D eigenvalue weighted by Crippen LogP contribution is 2.39. The number of pyridine rings is 1. The molecular weight excluding hydrogens is 330 g/mol. The molecule has 1 aliphatic rings. The van der Waals surface area contributed by atoms with Gasteiger partial charge in [0.2, 0.25) is 5.43 Å². The van der Waals surface area contributed by atoms with Gasteiger partial charge in [-0.05, 0) is 24.8 Å². The third-order valence-corrected chi connectivity index (χ3v) is 4.92. The lowest BCUT2D eigenvalue weighted by molar-refractivity contribution is 0.0369. The van der Waals surface area contributed by atoms with Crippen LogP contribution in [0.4, 0.5) is 0 Å². The predicted octanol–water partition coefficient (Wildman–Crippen LogP) is 2.42. The van der Waals surface area contributed by atoms with E-state index >= 15 is 0 Å². The molecule has 0 bridgehead atoms. The van der Waals surface area contributed by atoms with E-state index in [1.165, 1.54) is 12.3 Å². The molecule has 0 radical (unpaired) electrons. The number of aromatic nitrogens is 1. The average Bonchev–Trinajstić information content (AvgIpc) is 2.63. The molecule has 0 aliphatic heterocycles. The number of aromatic amines is 1. The van der Waals surface area contributed by atoms with Gasteiger partial charge in [0, 0.05) is 12.3 Å². The van der Waals surface area contributed by atoms with Gasteiger partial charge >= 0.3 is 0 Å². The number of ether oxygens (including phenoxy) is 1. The van der Waals surface area contributed by atoms with Crippen LogP contribution in [0.2, 0.25) is 0 Å². The second-order valence-electron chi connectivity index (χ2n) is 6.40. The van der Waals surface area contributed by atoms with Crippen molar-refractivity contribution < 1.29 is 9.53 Å². The van der Waals surface area contributed by atoms with Crippen LogP contribution in [0.15, 0.2) is 60.0 Å². The minimum Gasteiger partial charge on any atom is -0.483 e. The van der Waals surface area contributed by atoms with E-state index < -0.39 is 5.54 Å². The van der Waals surface area contributed by atoms with Gasteiger partial charge < -0.3 is 20.4 Å². The standard InChI is InChI=1S/C20H23N3O3/c1-2-20(10-6-11-20)23(14-21)19(25)17-18(16(24)9-12-22-17)26-13-15-7-4-3-5-8-15/h2-5,7-9,12H,1,6,10-11,13-14,21H2,(H,22,24). The van der Waals surface area contributed by atoms with Crippen molar-refractivity contribution in [2.75, 3.05) is 6.67 Å². The van der Waals surface area contributed by atoms with Crippen molar-refractivity contribution in [3.63, 3.8) is 0 Å². The first-order valence-electron chi connectivity index (χ1n) is 8.65. The van der Waals surface area contributed by atoms with Gasteiger partial charge in [-0.3, -0.25) is 9.59 Å². The van der Waals surface area contributed by atoms with Crippen LogP contribution >= 0.6 is 0 Å². The zero-order chi connectivity index (χ0) is 18.6. The number of hydrogen-bond donors (Lipinski definition) is 2. The van der Waals surface area contributed by atoms with Crippen LogP contribution in [-0.4, -0.2) is 28.0 Å². The van der Waals surface area contributed by atoms with Gasteiger partial charge in [0.25, 0.3) is 5.91 Å². The third-order valence-electron chi connectivity index (χ3n) is 4.92. The Kier molecular flexibility index (Phi) is 5.23. The Morgan fingerprint density at radius 1 is 1.31 bits per heavy atom. The number of rotatable bonds is 7. The topological polar surface area (TPSA) is 88.4 Å². The fourth-order valence-electron chi connectivity index (χ4n) is 3.22. The normalized spacial score (nSPS) is 15.0. The summed E-state index contributed by atoms with van der Waals surface area (Å²) in [5.74, 6) is -0.341. The number of carbonyl (C=O) groups excluding carboxylic acids is 1. The predicted molar refractivity (Wildman–Crippen MR) is 99.8 cm³/mol. The summed E-state index contributed by atoms with van der Waals surface area (Å²) in [5, 5.41) is 0. The molecule has 6 nitrogen and oxygen atoms in total. The Morgan fingerprint density at radius 3 is 2.62 bits per heavy atom. The Balaban J connectivity index is 1.89. The molecule has 0 spiro atoms. The molecule has 3 N–H and O–H groups in total. The Labute approximate surface area is 152 Å². The number of hydrogen-bond acceptors (Lipinski definition) is 4. The van der Waals surface area contributed by atoms with Gasteiger partial charge in [-0.25, -0.2) is 0 Å². The Morgan fingerprint density at radius 2 is 2.04 bits per heavy atom. The molecule has 0 unspecified atom stereocenters. The lowest BCUT2D eigenvalue weighted by Crippen LogP contribution is -2.57. The highest BCUT2D eigenvalue weighted by molar-refractivity contribution is 5.95. The number of nitrogens with zero attached hydrogens (tertiary/aromatic N) is 1. The van der Waals surface area contributed by atoms with Crippen molar-refractivity contribution in [1.29, 1.82) is 0 Å². The number of H-pyrrole nitrogens is 1. The van der Waals surface area contributed by atoms with Gasteiger partial charge in [0.15, 0.2) is 11.4 Å².